The SMILES string of the molecule is CC(=O)NC1CN(C(=O)C=Cc2ccccc2)CC1c1ccc(C)cc1. The van der Waals surface area contributed by atoms with E-state index in [1.54, 1.807) is 6.08 Å². The monoisotopic (exact) mass is 348 g/mol. The molecule has 1 heterocycles. The zero-order chi connectivity index (χ0) is 18.5. The van der Waals surface area contributed by atoms with Crippen molar-refractivity contribution in [3.05, 3.63) is 77.4 Å². The van der Waals surface area contributed by atoms with Crippen LogP contribution in [0, 0.1) is 6.92 Å². The normalized spacial score (nSPS) is 19.7. The van der Waals surface area contributed by atoms with Crippen LogP contribution in [0.3, 0.4) is 0 Å². The van der Waals surface area contributed by atoms with Crippen molar-refractivity contribution in [3.8, 4) is 0 Å². The number of amides is 2. The Morgan fingerprint density at radius 2 is 1.73 bits per heavy atom. The van der Waals surface area contributed by atoms with E-state index in [1.807, 2.05) is 48.2 Å². The van der Waals surface area contributed by atoms with Gasteiger partial charge in [0, 0.05) is 32.0 Å². The van der Waals surface area contributed by atoms with E-state index < -0.39 is 0 Å². The molecule has 4 heteroatoms. The molecule has 1 N–H and O–H groups in total. The van der Waals surface area contributed by atoms with E-state index in [0.29, 0.717) is 13.1 Å². The topological polar surface area (TPSA) is 49.4 Å². The maximum absolute atomic E-state index is 12.6. The highest BCUT2D eigenvalue weighted by Crippen LogP contribution is 2.28. The van der Waals surface area contributed by atoms with Gasteiger partial charge in [0.15, 0.2) is 0 Å². The highest BCUT2D eigenvalue weighted by Gasteiger charge is 2.35. The van der Waals surface area contributed by atoms with Gasteiger partial charge in [-0.15, -0.1) is 0 Å². The summed E-state index contributed by atoms with van der Waals surface area (Å²) in [6.07, 6.45) is 3.44. The molecule has 2 unspecified atom stereocenters. The lowest BCUT2D eigenvalue weighted by atomic mass is 9.93. The molecule has 1 aliphatic heterocycles. The predicted molar refractivity (Wildman–Crippen MR) is 104 cm³/mol. The number of nitrogens with one attached hydrogen (secondary N) is 1. The van der Waals surface area contributed by atoms with Crippen LogP contribution in [-0.2, 0) is 9.59 Å². The van der Waals surface area contributed by atoms with Gasteiger partial charge in [-0.05, 0) is 24.1 Å². The van der Waals surface area contributed by atoms with E-state index in [-0.39, 0.29) is 23.8 Å². The van der Waals surface area contributed by atoms with Gasteiger partial charge < -0.3 is 10.2 Å². The molecule has 2 atom stereocenters. The van der Waals surface area contributed by atoms with E-state index in [1.165, 1.54) is 12.5 Å². The van der Waals surface area contributed by atoms with Crippen LogP contribution in [0.2, 0.25) is 0 Å². The highest BCUT2D eigenvalue weighted by molar-refractivity contribution is 5.92. The van der Waals surface area contributed by atoms with Crippen molar-refractivity contribution in [1.82, 2.24) is 10.2 Å². The molecule has 3 rings (SSSR count). The average molecular weight is 348 g/mol. The zero-order valence-corrected chi connectivity index (χ0v) is 15.2. The standard InChI is InChI=1S/C22H24N2O2/c1-16-8-11-19(12-9-16)20-14-24(15-21(20)23-17(2)25)22(26)13-10-18-6-4-3-5-7-18/h3-13,20-21H,14-15H2,1-2H3,(H,23,25). The zero-order valence-electron chi connectivity index (χ0n) is 15.2. The van der Waals surface area contributed by atoms with Crippen molar-refractivity contribution in [2.45, 2.75) is 25.8 Å². The Kier molecular flexibility index (Phi) is 5.52. The number of carbonyl (C=O) groups is 2. The smallest absolute Gasteiger partial charge is 0.246 e. The van der Waals surface area contributed by atoms with Gasteiger partial charge in [-0.3, -0.25) is 9.59 Å². The summed E-state index contributed by atoms with van der Waals surface area (Å²) >= 11 is 0. The van der Waals surface area contributed by atoms with Gasteiger partial charge in [0.1, 0.15) is 0 Å². The summed E-state index contributed by atoms with van der Waals surface area (Å²) in [5.74, 6) is 0.00799. The molecule has 2 amide bonds. The molecule has 2 aromatic rings. The number of nitrogens with zero attached hydrogens (tertiary/aromatic N) is 1. The number of hydrogen-bond donors (Lipinski definition) is 1. The lowest BCUT2D eigenvalue weighted by molar-refractivity contribution is -0.125. The first-order valence-electron chi connectivity index (χ1n) is 8.88. The molecule has 0 aromatic heterocycles. The summed E-state index contributed by atoms with van der Waals surface area (Å²) < 4.78 is 0. The van der Waals surface area contributed by atoms with Gasteiger partial charge in [-0.2, -0.15) is 0 Å². The molecule has 0 spiro atoms. The molecule has 4 nitrogen and oxygen atoms in total. The van der Waals surface area contributed by atoms with Gasteiger partial charge in [0.2, 0.25) is 11.8 Å². The van der Waals surface area contributed by atoms with E-state index in [2.05, 4.69) is 29.6 Å². The lowest BCUT2D eigenvalue weighted by Gasteiger charge is -2.19. The summed E-state index contributed by atoms with van der Waals surface area (Å²) in [6, 6.07) is 18.0. The fourth-order valence-electron chi connectivity index (χ4n) is 3.38. The van der Waals surface area contributed by atoms with Gasteiger partial charge in [0.25, 0.3) is 0 Å². The second kappa shape index (κ2) is 8.00. The van der Waals surface area contributed by atoms with Crippen molar-refractivity contribution in [2.75, 3.05) is 13.1 Å². The Bertz CT molecular complexity index is 797. The Hall–Kier alpha value is -2.88. The first-order valence-corrected chi connectivity index (χ1v) is 8.88. The number of likely N-dealkylation sites (tertiary alicyclic amines) is 1. The molecule has 1 aliphatic rings. The first-order chi connectivity index (χ1) is 12.5. The predicted octanol–water partition coefficient (Wildman–Crippen LogP) is 3.14. The maximum atomic E-state index is 12.6. The highest BCUT2D eigenvalue weighted by atomic mass is 16.2. The lowest BCUT2D eigenvalue weighted by Crippen LogP contribution is -2.39. The third kappa shape index (κ3) is 4.39. The third-order valence-electron chi connectivity index (χ3n) is 4.74. The van der Waals surface area contributed by atoms with Crippen LogP contribution in [0.1, 0.15) is 29.5 Å². The fourth-order valence-corrected chi connectivity index (χ4v) is 3.38. The van der Waals surface area contributed by atoms with Gasteiger partial charge in [0.05, 0.1) is 6.04 Å². The van der Waals surface area contributed by atoms with Crippen LogP contribution < -0.4 is 5.32 Å². The van der Waals surface area contributed by atoms with Crippen LogP contribution in [0.15, 0.2) is 60.7 Å². The number of aryl methyl sites for hydroxylation is 1. The van der Waals surface area contributed by atoms with Gasteiger partial charge >= 0.3 is 0 Å². The minimum atomic E-state index is -0.0683. The number of rotatable bonds is 4. The summed E-state index contributed by atoms with van der Waals surface area (Å²) in [5.41, 5.74) is 3.34. The van der Waals surface area contributed by atoms with E-state index in [0.717, 1.165) is 11.1 Å². The second-order valence-electron chi connectivity index (χ2n) is 6.81. The Balaban J connectivity index is 1.74. The number of carbonyl (C=O) groups excluding carboxylic acids is 2. The molecular formula is C22H24N2O2. The molecule has 1 fully saturated rings. The molecule has 0 bridgehead atoms. The molecule has 0 radical (unpaired) electrons. The van der Waals surface area contributed by atoms with Crippen LogP contribution in [-0.4, -0.2) is 35.8 Å². The van der Waals surface area contributed by atoms with Crippen LogP contribution in [0.5, 0.6) is 0 Å². The fraction of sp³-hybridized carbons (Fsp3) is 0.273. The molecule has 0 aliphatic carbocycles. The van der Waals surface area contributed by atoms with Gasteiger partial charge in [-0.25, -0.2) is 0 Å². The quantitative estimate of drug-likeness (QED) is 0.863. The molecular weight excluding hydrogens is 324 g/mol. The Morgan fingerprint density at radius 3 is 2.38 bits per heavy atom. The molecule has 1 saturated heterocycles. The van der Waals surface area contributed by atoms with Crippen molar-refractivity contribution in [3.63, 3.8) is 0 Å². The minimum Gasteiger partial charge on any atom is -0.351 e. The summed E-state index contributed by atoms with van der Waals surface area (Å²) in [6.45, 7) is 4.70. The van der Waals surface area contributed by atoms with Gasteiger partial charge in [-0.1, -0.05) is 60.2 Å². The minimum absolute atomic E-state index is 0.0289. The van der Waals surface area contributed by atoms with E-state index in [4.69, 9.17) is 0 Å². The van der Waals surface area contributed by atoms with E-state index >= 15 is 0 Å². The summed E-state index contributed by atoms with van der Waals surface area (Å²) in [4.78, 5) is 26.0. The summed E-state index contributed by atoms with van der Waals surface area (Å²) in [5, 5.41) is 3.01. The Morgan fingerprint density at radius 1 is 1.04 bits per heavy atom. The van der Waals surface area contributed by atoms with Crippen LogP contribution >= 0.6 is 0 Å². The van der Waals surface area contributed by atoms with Crippen molar-refractivity contribution in [1.29, 1.82) is 0 Å². The van der Waals surface area contributed by atoms with E-state index in [9.17, 15) is 9.59 Å². The number of hydrogen-bond acceptors (Lipinski definition) is 2. The van der Waals surface area contributed by atoms with Crippen molar-refractivity contribution in [2.24, 2.45) is 0 Å². The van der Waals surface area contributed by atoms with Crippen molar-refractivity contribution >= 4 is 17.9 Å². The number of benzene rings is 2. The molecule has 134 valence electrons. The first kappa shape index (κ1) is 17.9. The molecule has 26 heavy (non-hydrogen) atoms. The molecule has 2 aromatic carbocycles. The molecule has 0 saturated carbocycles. The largest absolute Gasteiger partial charge is 0.351 e. The summed E-state index contributed by atoms with van der Waals surface area (Å²) in [7, 11) is 0. The maximum Gasteiger partial charge on any atom is 0.246 e. The van der Waals surface area contributed by atoms with Crippen molar-refractivity contribution < 1.29 is 9.59 Å². The average Bonchev–Trinajstić information content (AvgIpc) is 3.04. The third-order valence-corrected chi connectivity index (χ3v) is 4.74. The van der Waals surface area contributed by atoms with Crippen LogP contribution in [0.25, 0.3) is 6.08 Å². The Labute approximate surface area is 154 Å². The van der Waals surface area contributed by atoms with Crippen LogP contribution in [0.4, 0.5) is 0 Å². The second-order valence-corrected chi connectivity index (χ2v) is 6.81.